The minimum absolute atomic E-state index is 0.635. The number of rotatable bonds is 7. The molecule has 0 heterocycles. The zero-order valence-corrected chi connectivity index (χ0v) is 15.0. The maximum absolute atomic E-state index is 9.16. The summed E-state index contributed by atoms with van der Waals surface area (Å²) in [6.07, 6.45) is 2.30. The molecule has 0 fully saturated rings. The van der Waals surface area contributed by atoms with Gasteiger partial charge in [0.1, 0.15) is 0 Å². The fourth-order valence-electron chi connectivity index (χ4n) is 2.55. The highest BCUT2D eigenvalue weighted by molar-refractivity contribution is 9.10. The first-order chi connectivity index (χ1) is 11.1. The summed E-state index contributed by atoms with van der Waals surface area (Å²) < 4.78 is 0.793. The van der Waals surface area contributed by atoms with E-state index in [1.165, 1.54) is 5.56 Å². The second-order valence-corrected chi connectivity index (χ2v) is 6.55. The largest absolute Gasteiger partial charge is 0.398 e. The number of hydrogen-bond acceptors (Lipinski definition) is 3. The molecule has 0 unspecified atom stereocenters. The van der Waals surface area contributed by atoms with Crippen LogP contribution in [-0.2, 0) is 13.1 Å². The predicted molar refractivity (Wildman–Crippen MR) is 98.7 cm³/mol. The van der Waals surface area contributed by atoms with Crippen LogP contribution in [0.5, 0.6) is 0 Å². The van der Waals surface area contributed by atoms with E-state index in [0.29, 0.717) is 5.56 Å². The molecule has 0 saturated carbocycles. The maximum atomic E-state index is 9.16. The maximum Gasteiger partial charge on any atom is 0.0992 e. The highest BCUT2D eigenvalue weighted by atomic mass is 79.9. The fourth-order valence-corrected chi connectivity index (χ4v) is 3.05. The zero-order valence-electron chi connectivity index (χ0n) is 13.4. The molecule has 2 aromatic carbocycles. The number of benzene rings is 2. The monoisotopic (exact) mass is 371 g/mol. The zero-order chi connectivity index (χ0) is 16.7. The van der Waals surface area contributed by atoms with Crippen molar-refractivity contribution in [2.24, 2.45) is 0 Å². The van der Waals surface area contributed by atoms with Gasteiger partial charge in [-0.2, -0.15) is 5.26 Å². The number of anilines is 1. The summed E-state index contributed by atoms with van der Waals surface area (Å²) in [7, 11) is 0. The average Bonchev–Trinajstić information content (AvgIpc) is 2.57. The van der Waals surface area contributed by atoms with E-state index < -0.39 is 0 Å². The third kappa shape index (κ3) is 5.09. The Hall–Kier alpha value is -1.83. The molecule has 3 nitrogen and oxygen atoms in total. The Bertz CT molecular complexity index is 677. The summed E-state index contributed by atoms with van der Waals surface area (Å²) in [4.78, 5) is 2.39. The number of nitrogen functional groups attached to an aromatic ring is 1. The van der Waals surface area contributed by atoms with Crippen LogP contribution in [0, 0.1) is 11.3 Å². The van der Waals surface area contributed by atoms with Crippen LogP contribution < -0.4 is 5.73 Å². The molecule has 0 atom stereocenters. The Morgan fingerprint density at radius 1 is 1.17 bits per heavy atom. The third-order valence-corrected chi connectivity index (χ3v) is 4.47. The van der Waals surface area contributed by atoms with Crippen LogP contribution in [0.2, 0.25) is 0 Å². The van der Waals surface area contributed by atoms with Crippen LogP contribution in [0.25, 0.3) is 0 Å². The Morgan fingerprint density at radius 3 is 2.57 bits per heavy atom. The highest BCUT2D eigenvalue weighted by Gasteiger charge is 2.12. The Balaban J connectivity index is 2.20. The minimum Gasteiger partial charge on any atom is -0.398 e. The lowest BCUT2D eigenvalue weighted by molar-refractivity contribution is 0.253. The van der Waals surface area contributed by atoms with Gasteiger partial charge in [-0.05, 0) is 52.2 Å². The van der Waals surface area contributed by atoms with Crippen molar-refractivity contribution >= 4 is 21.6 Å². The van der Waals surface area contributed by atoms with Crippen molar-refractivity contribution in [3.05, 3.63) is 63.6 Å². The molecule has 0 aliphatic heterocycles. The van der Waals surface area contributed by atoms with E-state index >= 15 is 0 Å². The normalized spacial score (nSPS) is 10.7. The summed E-state index contributed by atoms with van der Waals surface area (Å²) in [5.41, 5.74) is 9.84. The van der Waals surface area contributed by atoms with Gasteiger partial charge in [0.2, 0.25) is 0 Å². The van der Waals surface area contributed by atoms with E-state index in [1.807, 2.05) is 12.1 Å². The van der Waals surface area contributed by atoms with Gasteiger partial charge >= 0.3 is 0 Å². The quantitative estimate of drug-likeness (QED) is 0.717. The van der Waals surface area contributed by atoms with Gasteiger partial charge in [-0.1, -0.05) is 43.7 Å². The lowest BCUT2D eigenvalue weighted by Crippen LogP contribution is -2.24. The Labute approximate surface area is 146 Å². The van der Waals surface area contributed by atoms with Crippen molar-refractivity contribution in [3.8, 4) is 6.07 Å². The van der Waals surface area contributed by atoms with Crippen molar-refractivity contribution in [3.63, 3.8) is 0 Å². The van der Waals surface area contributed by atoms with Gasteiger partial charge in [0.15, 0.2) is 0 Å². The first-order valence-electron chi connectivity index (χ1n) is 7.88. The van der Waals surface area contributed by atoms with Gasteiger partial charge in [0.05, 0.1) is 17.3 Å². The number of halogens is 1. The molecule has 0 spiro atoms. The summed E-state index contributed by atoms with van der Waals surface area (Å²) in [6.45, 7) is 4.84. The Kier molecular flexibility index (Phi) is 6.64. The van der Waals surface area contributed by atoms with E-state index in [4.69, 9.17) is 11.0 Å². The summed E-state index contributed by atoms with van der Waals surface area (Å²) in [5.74, 6) is 0. The molecule has 0 radical (unpaired) electrons. The van der Waals surface area contributed by atoms with E-state index in [-0.39, 0.29) is 0 Å². The average molecular weight is 372 g/mol. The lowest BCUT2D eigenvalue weighted by Gasteiger charge is -2.23. The van der Waals surface area contributed by atoms with Gasteiger partial charge in [-0.25, -0.2) is 0 Å². The molecule has 0 aliphatic rings. The standard InChI is InChI=1S/C19H22BrN3/c1-2-3-9-23(13-15-7-5-4-6-8-15)14-17-10-16(12-21)11-18(20)19(17)22/h4-8,10-11H,2-3,9,13-14,22H2,1H3. The molecule has 0 amide bonds. The van der Waals surface area contributed by atoms with Gasteiger partial charge in [0.25, 0.3) is 0 Å². The molecule has 0 saturated heterocycles. The number of hydrogen-bond donors (Lipinski definition) is 1. The first-order valence-corrected chi connectivity index (χ1v) is 8.67. The van der Waals surface area contributed by atoms with Crippen molar-refractivity contribution in [2.75, 3.05) is 12.3 Å². The molecule has 0 aliphatic carbocycles. The molecular weight excluding hydrogens is 350 g/mol. The second kappa shape index (κ2) is 8.71. The van der Waals surface area contributed by atoms with E-state index in [1.54, 1.807) is 6.07 Å². The minimum atomic E-state index is 0.635. The van der Waals surface area contributed by atoms with Crippen LogP contribution in [0.3, 0.4) is 0 Å². The van der Waals surface area contributed by atoms with Crippen molar-refractivity contribution < 1.29 is 0 Å². The molecular formula is C19H22BrN3. The molecule has 23 heavy (non-hydrogen) atoms. The van der Waals surface area contributed by atoms with Crippen LogP contribution in [-0.4, -0.2) is 11.4 Å². The van der Waals surface area contributed by atoms with E-state index in [0.717, 1.165) is 48.2 Å². The van der Waals surface area contributed by atoms with Crippen molar-refractivity contribution in [1.29, 1.82) is 5.26 Å². The lowest BCUT2D eigenvalue weighted by atomic mass is 10.1. The van der Waals surface area contributed by atoms with Crippen LogP contribution in [0.15, 0.2) is 46.9 Å². The summed E-state index contributed by atoms with van der Waals surface area (Å²) >= 11 is 3.45. The van der Waals surface area contributed by atoms with Gasteiger partial charge in [-0.3, -0.25) is 4.90 Å². The third-order valence-electron chi connectivity index (χ3n) is 3.82. The topological polar surface area (TPSA) is 53.0 Å². The first kappa shape index (κ1) is 17.5. The molecule has 0 aromatic heterocycles. The SMILES string of the molecule is CCCCN(Cc1ccccc1)Cc1cc(C#N)cc(Br)c1N. The van der Waals surface area contributed by atoms with Crippen LogP contribution >= 0.6 is 15.9 Å². The van der Waals surface area contributed by atoms with Crippen LogP contribution in [0.1, 0.15) is 36.5 Å². The number of nitriles is 1. The predicted octanol–water partition coefficient (Wildman–Crippen LogP) is 4.71. The molecule has 2 rings (SSSR count). The molecule has 4 heteroatoms. The number of unbranched alkanes of at least 4 members (excludes halogenated alkanes) is 1. The van der Waals surface area contributed by atoms with Gasteiger partial charge in [-0.15, -0.1) is 0 Å². The molecule has 2 aromatic rings. The van der Waals surface area contributed by atoms with E-state index in [2.05, 4.69) is 58.1 Å². The molecule has 120 valence electrons. The summed E-state index contributed by atoms with van der Waals surface area (Å²) in [5, 5.41) is 9.16. The number of nitrogens with zero attached hydrogens (tertiary/aromatic N) is 2. The van der Waals surface area contributed by atoms with Crippen LogP contribution in [0.4, 0.5) is 5.69 Å². The second-order valence-electron chi connectivity index (χ2n) is 5.69. The fraction of sp³-hybridized carbons (Fsp3) is 0.316. The smallest absolute Gasteiger partial charge is 0.0992 e. The van der Waals surface area contributed by atoms with Crippen molar-refractivity contribution in [1.82, 2.24) is 4.90 Å². The van der Waals surface area contributed by atoms with E-state index in [9.17, 15) is 0 Å². The van der Waals surface area contributed by atoms with Gasteiger partial charge < -0.3 is 5.73 Å². The molecule has 0 bridgehead atoms. The Morgan fingerprint density at radius 2 is 1.91 bits per heavy atom. The highest BCUT2D eigenvalue weighted by Crippen LogP contribution is 2.27. The summed E-state index contributed by atoms with van der Waals surface area (Å²) in [6, 6.07) is 16.3. The van der Waals surface area contributed by atoms with Crippen molar-refractivity contribution in [2.45, 2.75) is 32.9 Å². The van der Waals surface area contributed by atoms with Gasteiger partial charge in [0, 0.05) is 17.6 Å². The molecule has 2 N–H and O–H groups in total. The number of nitrogens with two attached hydrogens (primary N) is 1.